The van der Waals surface area contributed by atoms with E-state index < -0.39 is 27.8 Å². The van der Waals surface area contributed by atoms with Gasteiger partial charge < -0.3 is 18.5 Å². The van der Waals surface area contributed by atoms with Gasteiger partial charge in [-0.05, 0) is 31.2 Å². The van der Waals surface area contributed by atoms with Crippen LogP contribution in [0.1, 0.15) is 63.9 Å². The van der Waals surface area contributed by atoms with Crippen molar-refractivity contribution in [3.8, 4) is 0 Å². The van der Waals surface area contributed by atoms with Gasteiger partial charge in [-0.3, -0.25) is 13.8 Å². The van der Waals surface area contributed by atoms with E-state index in [0.717, 1.165) is 55.7 Å². The molecular formula is C26H39NO8S. The Balaban J connectivity index is 0.000000538. The van der Waals surface area contributed by atoms with E-state index in [1.54, 1.807) is 6.92 Å². The molecule has 3 fully saturated rings. The van der Waals surface area contributed by atoms with Gasteiger partial charge in [-0.25, -0.2) is 8.42 Å². The fourth-order valence-electron chi connectivity index (χ4n) is 6.36. The lowest BCUT2D eigenvalue weighted by Crippen LogP contribution is -2.57. The maximum atomic E-state index is 13.9. The van der Waals surface area contributed by atoms with Crippen molar-refractivity contribution in [3.05, 3.63) is 35.9 Å². The average Bonchev–Trinajstić information content (AvgIpc) is 3.38. The number of carbonyl (C=O) groups is 2. The van der Waals surface area contributed by atoms with Crippen molar-refractivity contribution >= 4 is 22.3 Å². The number of esters is 2. The van der Waals surface area contributed by atoms with Crippen molar-refractivity contribution in [1.29, 1.82) is 0 Å². The lowest BCUT2D eigenvalue weighted by atomic mass is 9.69. The minimum Gasteiger partial charge on any atom is -0.726 e. The Bertz CT molecular complexity index is 990. The first-order valence-electron chi connectivity index (χ1n) is 12.7. The van der Waals surface area contributed by atoms with Crippen molar-refractivity contribution in [3.63, 3.8) is 0 Å². The molecule has 1 aromatic carbocycles. The molecule has 0 amide bonds. The van der Waals surface area contributed by atoms with E-state index in [9.17, 15) is 22.6 Å². The molecule has 0 N–H and O–H groups in total. The Hall–Kier alpha value is -2.01. The third-order valence-corrected chi connectivity index (χ3v) is 8.79. The van der Waals surface area contributed by atoms with E-state index in [0.29, 0.717) is 12.1 Å². The highest BCUT2D eigenvalue weighted by Crippen LogP contribution is 2.46. The number of benzene rings is 1. The van der Waals surface area contributed by atoms with Crippen LogP contribution in [0, 0.1) is 5.92 Å². The van der Waals surface area contributed by atoms with Gasteiger partial charge >= 0.3 is 11.9 Å². The van der Waals surface area contributed by atoms with Gasteiger partial charge in [-0.2, -0.15) is 0 Å². The summed E-state index contributed by atoms with van der Waals surface area (Å²) in [6.45, 7) is 2.05. The topological polar surface area (TPSA) is 119 Å². The molecule has 2 saturated heterocycles. The van der Waals surface area contributed by atoms with Crippen molar-refractivity contribution < 1.29 is 40.7 Å². The van der Waals surface area contributed by atoms with E-state index in [-0.39, 0.29) is 18.6 Å². The summed E-state index contributed by atoms with van der Waals surface area (Å²) in [5, 5.41) is 0. The number of piperidine rings is 1. The Morgan fingerprint density at radius 3 is 2.00 bits per heavy atom. The number of nitrogens with zero attached hydrogens (tertiary/aromatic N) is 1. The molecule has 1 aliphatic carbocycles. The summed E-state index contributed by atoms with van der Waals surface area (Å²) in [5.74, 6) is -0.905. The highest BCUT2D eigenvalue weighted by molar-refractivity contribution is 7.80. The molecule has 2 heterocycles. The summed E-state index contributed by atoms with van der Waals surface area (Å²) in [7, 11) is 0.991. The van der Waals surface area contributed by atoms with Crippen LogP contribution in [0.2, 0.25) is 0 Å². The maximum absolute atomic E-state index is 13.9. The lowest BCUT2D eigenvalue weighted by molar-refractivity contribution is -0.931. The number of hydrogen-bond donors (Lipinski definition) is 0. The maximum Gasteiger partial charge on any atom is 0.328 e. The summed E-state index contributed by atoms with van der Waals surface area (Å²) < 4.78 is 43.8. The van der Waals surface area contributed by atoms with Gasteiger partial charge in [0.25, 0.3) is 0 Å². The number of quaternary nitrogens is 1. The molecule has 202 valence electrons. The van der Waals surface area contributed by atoms with Gasteiger partial charge in [0.05, 0.1) is 39.9 Å². The second kappa shape index (κ2) is 11.6. The zero-order valence-electron chi connectivity index (χ0n) is 21.7. The molecule has 4 rings (SSSR count). The average molecular weight is 526 g/mol. The van der Waals surface area contributed by atoms with Crippen LogP contribution < -0.4 is 0 Å². The number of hydrogen-bond acceptors (Lipinski definition) is 8. The molecular weight excluding hydrogens is 486 g/mol. The van der Waals surface area contributed by atoms with E-state index >= 15 is 0 Å². The summed E-state index contributed by atoms with van der Waals surface area (Å²) in [5.41, 5.74) is -0.635. The number of rotatable bonds is 7. The quantitative estimate of drug-likeness (QED) is 0.175. The normalized spacial score (nSPS) is 26.9. The van der Waals surface area contributed by atoms with Gasteiger partial charge in [-0.1, -0.05) is 43.2 Å². The standard InChI is InChI=1S/C25H36NO4.CH4O4S/c1-4-29-23(27)25(19-12-8-9-13-19,18-10-6-5-7-11-18)24(28)30-22-16-20-14-15-21(17-22)26(20,2)3;1-5-6(2,3)4/h5-7,10-11,19-22H,4,8-9,12-17H2,1-3H3;1H3,(H,2,3,4)/q+1;/p-1. The SMILES string of the molecule is CCOC(=O)C(C(=O)OC1CC2CCC(C1)[N+]2(C)C)(c1ccccc1)C1CCCC1.COS(=O)(=O)[O-]. The predicted octanol–water partition coefficient (Wildman–Crippen LogP) is 3.08. The predicted molar refractivity (Wildman–Crippen MR) is 131 cm³/mol. The van der Waals surface area contributed by atoms with Gasteiger partial charge in [0.2, 0.25) is 10.4 Å². The van der Waals surface area contributed by atoms with Gasteiger partial charge in [0, 0.05) is 25.7 Å². The lowest BCUT2D eigenvalue weighted by Gasteiger charge is -2.44. The van der Waals surface area contributed by atoms with Crippen molar-refractivity contribution in [1.82, 2.24) is 0 Å². The smallest absolute Gasteiger partial charge is 0.328 e. The summed E-state index contributed by atoms with van der Waals surface area (Å²) in [4.78, 5) is 27.4. The van der Waals surface area contributed by atoms with Crippen LogP contribution in [0.25, 0.3) is 0 Å². The summed E-state index contributed by atoms with van der Waals surface area (Å²) in [6.07, 6.45) is 7.80. The number of fused-ring (bicyclic) bond motifs is 2. The van der Waals surface area contributed by atoms with Crippen LogP contribution in [0.5, 0.6) is 0 Å². The zero-order valence-corrected chi connectivity index (χ0v) is 22.5. The first kappa shape index (κ1) is 28.6. The Morgan fingerprint density at radius 1 is 1.00 bits per heavy atom. The largest absolute Gasteiger partial charge is 0.726 e. The van der Waals surface area contributed by atoms with Crippen LogP contribution in [-0.4, -0.2) is 75.4 Å². The van der Waals surface area contributed by atoms with Crippen molar-refractivity contribution in [2.45, 2.75) is 81.9 Å². The van der Waals surface area contributed by atoms with E-state index in [2.05, 4.69) is 18.3 Å². The van der Waals surface area contributed by atoms with Gasteiger partial charge in [-0.15, -0.1) is 0 Å². The minimum absolute atomic E-state index is 0.0704. The number of carbonyl (C=O) groups excluding carboxylic acids is 2. The van der Waals surface area contributed by atoms with E-state index in [1.165, 1.54) is 12.8 Å². The molecule has 0 spiro atoms. The molecule has 2 bridgehead atoms. The van der Waals surface area contributed by atoms with Crippen LogP contribution >= 0.6 is 0 Å². The molecule has 36 heavy (non-hydrogen) atoms. The molecule has 9 nitrogen and oxygen atoms in total. The van der Waals surface area contributed by atoms with Crippen molar-refractivity contribution in [2.24, 2.45) is 5.92 Å². The Morgan fingerprint density at radius 2 is 1.53 bits per heavy atom. The summed E-state index contributed by atoms with van der Waals surface area (Å²) in [6, 6.07) is 10.5. The van der Waals surface area contributed by atoms with Crippen molar-refractivity contribution in [2.75, 3.05) is 27.8 Å². The van der Waals surface area contributed by atoms with Crippen LogP contribution in [0.15, 0.2) is 30.3 Å². The molecule has 3 aliphatic rings. The fraction of sp³-hybridized carbons (Fsp3) is 0.692. The first-order valence-corrected chi connectivity index (χ1v) is 14.1. The first-order chi connectivity index (χ1) is 17.0. The second-order valence-electron chi connectivity index (χ2n) is 10.5. The molecule has 1 saturated carbocycles. The Labute approximate surface area is 214 Å². The molecule has 3 atom stereocenters. The van der Waals surface area contributed by atoms with Crippen LogP contribution in [0.4, 0.5) is 0 Å². The van der Waals surface area contributed by atoms with E-state index in [4.69, 9.17) is 9.47 Å². The highest BCUT2D eigenvalue weighted by atomic mass is 32.3. The molecule has 0 aromatic heterocycles. The second-order valence-corrected chi connectivity index (χ2v) is 11.6. The third-order valence-electron chi connectivity index (χ3n) is 8.38. The number of ether oxygens (including phenoxy) is 2. The summed E-state index contributed by atoms with van der Waals surface area (Å²) >= 11 is 0. The molecule has 3 unspecified atom stereocenters. The molecule has 10 heteroatoms. The van der Waals surface area contributed by atoms with Gasteiger partial charge in [0.1, 0.15) is 6.10 Å². The van der Waals surface area contributed by atoms with Gasteiger partial charge in [0.15, 0.2) is 5.41 Å². The zero-order chi connectivity index (χ0) is 26.6. The van der Waals surface area contributed by atoms with E-state index in [1.807, 2.05) is 30.3 Å². The monoisotopic (exact) mass is 525 g/mol. The van der Waals surface area contributed by atoms with Crippen LogP contribution in [-0.2, 0) is 39.1 Å². The fourth-order valence-corrected chi connectivity index (χ4v) is 6.36. The third kappa shape index (κ3) is 5.93. The van der Waals surface area contributed by atoms with Crippen LogP contribution in [0.3, 0.4) is 0 Å². The Kier molecular flexibility index (Phi) is 9.19. The minimum atomic E-state index is -4.41. The molecule has 1 aromatic rings. The molecule has 0 radical (unpaired) electrons. The highest BCUT2D eigenvalue weighted by Gasteiger charge is 2.58. The molecule has 2 aliphatic heterocycles.